The Morgan fingerprint density at radius 3 is 2.54 bits per heavy atom. The third kappa shape index (κ3) is 2.36. The van der Waals surface area contributed by atoms with Crippen molar-refractivity contribution in [3.05, 3.63) is 0 Å². The predicted molar refractivity (Wildman–Crippen MR) is 93.9 cm³/mol. The van der Waals surface area contributed by atoms with Gasteiger partial charge in [0.05, 0.1) is 12.1 Å². The second-order valence-corrected chi connectivity index (χ2v) is 9.91. The molecule has 24 heavy (non-hydrogen) atoms. The summed E-state index contributed by atoms with van der Waals surface area (Å²) in [5.41, 5.74) is 0.938. The molecule has 0 aliphatic heterocycles. The second-order valence-electron chi connectivity index (χ2n) is 9.91. The molecular formula is C21H35N2O+. The van der Waals surface area contributed by atoms with E-state index in [0.717, 1.165) is 36.5 Å². The maximum Gasteiger partial charge on any atom is 0.163 e. The van der Waals surface area contributed by atoms with E-state index in [1.807, 2.05) is 0 Å². The zero-order chi connectivity index (χ0) is 16.9. The van der Waals surface area contributed by atoms with Crippen LogP contribution in [0.1, 0.15) is 71.6 Å². The van der Waals surface area contributed by atoms with Crippen molar-refractivity contribution >= 4 is 0 Å². The van der Waals surface area contributed by atoms with Crippen molar-refractivity contribution in [1.82, 2.24) is 0 Å². The maximum absolute atomic E-state index is 10.1. The summed E-state index contributed by atoms with van der Waals surface area (Å²) in [5, 5.41) is 21.5. The standard InChI is InChI=1S/C21H34N2O/c1-20-9-7-15(24)13-14(20)3-4-16-17-5-6-19(23-12-11-22)21(17,2)10-8-18(16)20/h14-19,23-24H,3-10,12-13H2,1-2H3/p+1/t14-,15+,16-,17+,18-,19+,20-,21-/m0/s1. The molecule has 0 amide bonds. The van der Waals surface area contributed by atoms with Crippen molar-refractivity contribution in [2.75, 3.05) is 6.54 Å². The fraction of sp³-hybridized carbons (Fsp3) is 0.952. The van der Waals surface area contributed by atoms with Gasteiger partial charge in [0, 0.05) is 11.8 Å². The first-order chi connectivity index (χ1) is 11.5. The quantitative estimate of drug-likeness (QED) is 0.764. The smallest absolute Gasteiger partial charge is 0.163 e. The lowest BCUT2D eigenvalue weighted by molar-refractivity contribution is -0.692. The van der Waals surface area contributed by atoms with Gasteiger partial charge in [0.25, 0.3) is 0 Å². The van der Waals surface area contributed by atoms with Crippen molar-refractivity contribution < 1.29 is 10.4 Å². The largest absolute Gasteiger partial charge is 0.393 e. The van der Waals surface area contributed by atoms with Crippen LogP contribution >= 0.6 is 0 Å². The fourth-order valence-electron chi connectivity index (χ4n) is 7.86. The summed E-state index contributed by atoms with van der Waals surface area (Å²) in [5.74, 6) is 3.42. The summed E-state index contributed by atoms with van der Waals surface area (Å²) in [6.07, 6.45) is 11.5. The van der Waals surface area contributed by atoms with Crippen LogP contribution < -0.4 is 5.32 Å². The molecule has 4 aliphatic rings. The molecule has 4 saturated carbocycles. The molecular weight excluding hydrogens is 296 g/mol. The summed E-state index contributed by atoms with van der Waals surface area (Å²) in [7, 11) is 0. The Morgan fingerprint density at radius 2 is 1.75 bits per heavy atom. The number of aliphatic hydroxyl groups excluding tert-OH is 1. The van der Waals surface area contributed by atoms with Crippen molar-refractivity contribution in [2.24, 2.45) is 34.5 Å². The van der Waals surface area contributed by atoms with Gasteiger partial charge >= 0.3 is 0 Å². The number of hydrogen-bond acceptors (Lipinski definition) is 2. The van der Waals surface area contributed by atoms with E-state index < -0.39 is 0 Å². The highest BCUT2D eigenvalue weighted by Crippen LogP contribution is 2.65. The third-order valence-corrected chi connectivity index (χ3v) is 9.21. The molecule has 134 valence electrons. The molecule has 4 rings (SSSR count). The zero-order valence-electron chi connectivity index (χ0n) is 15.5. The molecule has 0 bridgehead atoms. The minimum atomic E-state index is -0.0371. The first-order valence-electron chi connectivity index (χ1n) is 10.4. The fourth-order valence-corrected chi connectivity index (χ4v) is 7.86. The minimum absolute atomic E-state index is 0.0371. The normalized spacial score (nSPS) is 53.6. The summed E-state index contributed by atoms with van der Waals surface area (Å²) < 4.78 is 0. The lowest BCUT2D eigenvalue weighted by atomic mass is 9.45. The number of nitrogens with zero attached hydrogens (tertiary/aromatic N) is 1. The molecule has 4 aliphatic carbocycles. The molecule has 3 heteroatoms. The molecule has 4 fully saturated rings. The third-order valence-electron chi connectivity index (χ3n) is 9.21. The minimum Gasteiger partial charge on any atom is -0.393 e. The van der Waals surface area contributed by atoms with E-state index in [4.69, 9.17) is 5.26 Å². The van der Waals surface area contributed by atoms with Gasteiger partial charge in [-0.1, -0.05) is 13.8 Å². The molecule has 3 nitrogen and oxygen atoms in total. The Balaban J connectivity index is 1.55. The first kappa shape index (κ1) is 16.9. The summed E-state index contributed by atoms with van der Waals surface area (Å²) in [6, 6.07) is 3.00. The van der Waals surface area contributed by atoms with Gasteiger partial charge in [-0.2, -0.15) is 5.26 Å². The highest BCUT2D eigenvalue weighted by molar-refractivity contribution is 5.09. The van der Waals surface area contributed by atoms with E-state index in [9.17, 15) is 5.11 Å². The van der Waals surface area contributed by atoms with Gasteiger partial charge in [0.2, 0.25) is 0 Å². The number of rotatable bonds is 2. The Morgan fingerprint density at radius 1 is 1.00 bits per heavy atom. The van der Waals surface area contributed by atoms with Gasteiger partial charge < -0.3 is 10.4 Å². The van der Waals surface area contributed by atoms with Gasteiger partial charge in [-0.05, 0) is 80.5 Å². The van der Waals surface area contributed by atoms with Crippen LogP contribution in [0.15, 0.2) is 0 Å². The molecule has 0 radical (unpaired) electrons. The molecule has 3 N–H and O–H groups in total. The Hall–Kier alpha value is -0.590. The topological polar surface area (TPSA) is 60.6 Å². The summed E-state index contributed by atoms with van der Waals surface area (Å²) in [4.78, 5) is 0. The number of aliphatic hydroxyl groups is 1. The van der Waals surface area contributed by atoms with Gasteiger partial charge in [-0.3, -0.25) is 0 Å². The maximum atomic E-state index is 10.1. The highest BCUT2D eigenvalue weighted by Gasteiger charge is 2.61. The SMILES string of the molecule is C[C@]12CC[C@H]3[C@@H](CC[C@H]4C[C@H](O)CC[C@@]43C)[C@H]1CC[C@H]2[NH2+]CC#N. The number of nitriles is 1. The van der Waals surface area contributed by atoms with Crippen molar-refractivity contribution in [3.8, 4) is 6.07 Å². The van der Waals surface area contributed by atoms with Gasteiger partial charge in [0.1, 0.15) is 6.07 Å². The summed E-state index contributed by atoms with van der Waals surface area (Å²) in [6.45, 7) is 5.73. The first-order valence-corrected chi connectivity index (χ1v) is 10.4. The highest BCUT2D eigenvalue weighted by atomic mass is 16.3. The molecule has 0 heterocycles. The number of quaternary nitrogens is 1. The van der Waals surface area contributed by atoms with Crippen LogP contribution in [0, 0.1) is 45.8 Å². The molecule has 8 atom stereocenters. The molecule has 0 aromatic heterocycles. The zero-order valence-corrected chi connectivity index (χ0v) is 15.5. The van der Waals surface area contributed by atoms with Crippen molar-refractivity contribution in [1.29, 1.82) is 5.26 Å². The molecule has 0 spiro atoms. The van der Waals surface area contributed by atoms with Gasteiger partial charge in [0.15, 0.2) is 6.54 Å². The summed E-state index contributed by atoms with van der Waals surface area (Å²) >= 11 is 0. The predicted octanol–water partition coefficient (Wildman–Crippen LogP) is 2.85. The van der Waals surface area contributed by atoms with E-state index in [2.05, 4.69) is 25.2 Å². The van der Waals surface area contributed by atoms with Crippen molar-refractivity contribution in [3.63, 3.8) is 0 Å². The van der Waals surface area contributed by atoms with Crippen LogP contribution in [0.25, 0.3) is 0 Å². The van der Waals surface area contributed by atoms with Crippen LogP contribution in [0.5, 0.6) is 0 Å². The average molecular weight is 332 g/mol. The molecule has 0 aromatic carbocycles. The van der Waals surface area contributed by atoms with Crippen LogP contribution in [0.4, 0.5) is 0 Å². The van der Waals surface area contributed by atoms with Gasteiger partial charge in [-0.15, -0.1) is 0 Å². The van der Waals surface area contributed by atoms with E-state index in [1.165, 1.54) is 44.9 Å². The second kappa shape index (κ2) is 5.99. The van der Waals surface area contributed by atoms with Gasteiger partial charge in [-0.25, -0.2) is 0 Å². The lowest BCUT2D eigenvalue weighted by Crippen LogP contribution is -2.92. The lowest BCUT2D eigenvalue weighted by Gasteiger charge is -2.60. The number of hydrogen-bond donors (Lipinski definition) is 2. The molecule has 0 aromatic rings. The Labute approximate surface area is 147 Å². The van der Waals surface area contributed by atoms with E-state index >= 15 is 0 Å². The van der Waals surface area contributed by atoms with Crippen LogP contribution in [-0.4, -0.2) is 23.8 Å². The van der Waals surface area contributed by atoms with Crippen LogP contribution in [0.3, 0.4) is 0 Å². The van der Waals surface area contributed by atoms with E-state index in [-0.39, 0.29) is 6.10 Å². The average Bonchev–Trinajstić information content (AvgIpc) is 2.90. The Bertz CT molecular complexity index is 528. The molecule has 0 unspecified atom stereocenters. The molecule has 0 saturated heterocycles. The van der Waals surface area contributed by atoms with Crippen LogP contribution in [-0.2, 0) is 0 Å². The van der Waals surface area contributed by atoms with E-state index in [1.54, 1.807) is 0 Å². The van der Waals surface area contributed by atoms with Crippen LogP contribution in [0.2, 0.25) is 0 Å². The Kier molecular flexibility index (Phi) is 4.21. The number of nitrogens with two attached hydrogens (primary N) is 1. The number of fused-ring (bicyclic) bond motifs is 5. The van der Waals surface area contributed by atoms with Crippen molar-refractivity contribution in [2.45, 2.75) is 83.8 Å². The van der Waals surface area contributed by atoms with E-state index in [0.29, 0.717) is 23.4 Å². The monoisotopic (exact) mass is 331 g/mol.